The van der Waals surface area contributed by atoms with Crippen molar-refractivity contribution in [2.24, 2.45) is 5.10 Å². The fraction of sp³-hybridized carbons (Fsp3) is 0. The summed E-state index contributed by atoms with van der Waals surface area (Å²) in [6.45, 7) is 0. The van der Waals surface area contributed by atoms with Gasteiger partial charge < -0.3 is 0 Å². The van der Waals surface area contributed by atoms with Gasteiger partial charge in [-0.05, 0) is 28.1 Å². The minimum Gasteiger partial charge on any atom is -0.278 e. The van der Waals surface area contributed by atoms with Crippen LogP contribution in [0.2, 0.25) is 0 Å². The van der Waals surface area contributed by atoms with Crippen molar-refractivity contribution in [1.29, 1.82) is 0 Å². The number of rotatable bonds is 3. The van der Waals surface area contributed by atoms with Gasteiger partial charge in [-0.2, -0.15) is 5.10 Å². The molecule has 0 heterocycles. The van der Waals surface area contributed by atoms with Crippen molar-refractivity contribution >= 4 is 32.4 Å². The van der Waals surface area contributed by atoms with Crippen LogP contribution in [0.25, 0.3) is 0 Å². The maximum atomic E-state index is 10.3. The van der Waals surface area contributed by atoms with Crippen molar-refractivity contribution < 1.29 is 4.92 Å². The molecule has 0 amide bonds. The van der Waals surface area contributed by atoms with E-state index in [1.807, 2.05) is 0 Å². The van der Waals surface area contributed by atoms with E-state index in [4.69, 9.17) is 0 Å². The molecule has 1 N–H and O–H groups in total. The summed E-state index contributed by atoms with van der Waals surface area (Å²) in [5.74, 6) is 0. The summed E-state index contributed by atoms with van der Waals surface area (Å²) in [5.41, 5.74) is 3.42. The molecule has 0 saturated carbocycles. The summed E-state index contributed by atoms with van der Waals surface area (Å²) in [7, 11) is 0. The quantitative estimate of drug-likeness (QED) is 0.504. The predicted molar refractivity (Wildman–Crippen MR) is 54.1 cm³/mol. The van der Waals surface area contributed by atoms with E-state index in [0.29, 0.717) is 5.69 Å². The van der Waals surface area contributed by atoms with Crippen molar-refractivity contribution in [1.82, 2.24) is 0 Å². The zero-order valence-corrected chi connectivity index (χ0v) is 8.06. The van der Waals surface area contributed by atoms with Gasteiger partial charge >= 0.3 is 0 Å². The van der Waals surface area contributed by atoms with Crippen molar-refractivity contribution in [3.05, 3.63) is 34.4 Å². The van der Waals surface area contributed by atoms with Crippen molar-refractivity contribution in [3.8, 4) is 0 Å². The lowest BCUT2D eigenvalue weighted by molar-refractivity contribution is -0.384. The summed E-state index contributed by atoms with van der Waals surface area (Å²) in [6.07, 6.45) is 0. The molecule has 0 unspecified atom stereocenters. The molecule has 1 aromatic rings. The lowest BCUT2D eigenvalue weighted by atomic mass is 10.3. The Bertz CT molecular complexity index is 323. The molecule has 1 rings (SSSR count). The lowest BCUT2D eigenvalue weighted by Crippen LogP contribution is -1.89. The fourth-order valence-electron chi connectivity index (χ4n) is 0.757. The van der Waals surface area contributed by atoms with E-state index in [-0.39, 0.29) is 5.69 Å². The first-order chi connectivity index (χ1) is 6.24. The van der Waals surface area contributed by atoms with E-state index < -0.39 is 4.92 Å². The van der Waals surface area contributed by atoms with Gasteiger partial charge in [0.2, 0.25) is 0 Å². The Morgan fingerprint density at radius 1 is 1.46 bits per heavy atom. The molecule has 0 saturated heterocycles. The Labute approximate surface area is 82.7 Å². The molecule has 68 valence electrons. The number of nitrogens with zero attached hydrogens (tertiary/aromatic N) is 2. The van der Waals surface area contributed by atoms with Crippen LogP contribution < -0.4 is 5.43 Å². The van der Waals surface area contributed by atoms with Crippen LogP contribution in [0.1, 0.15) is 0 Å². The fourth-order valence-corrected chi connectivity index (χ4v) is 0.859. The number of hydrazone groups is 1. The number of halogens is 1. The Morgan fingerprint density at radius 2 is 2.08 bits per heavy atom. The van der Waals surface area contributed by atoms with E-state index in [9.17, 15) is 10.1 Å². The maximum Gasteiger partial charge on any atom is 0.269 e. The molecule has 0 aliphatic rings. The number of hydrogen-bond acceptors (Lipinski definition) is 4. The number of hydrogen-bond donors (Lipinski definition) is 1. The van der Waals surface area contributed by atoms with Crippen molar-refractivity contribution in [2.75, 3.05) is 5.43 Å². The first kappa shape index (κ1) is 9.66. The number of nitro groups is 1. The molecule has 0 bridgehead atoms. The van der Waals surface area contributed by atoms with E-state index in [1.54, 1.807) is 12.1 Å². The van der Waals surface area contributed by atoms with E-state index in [0.717, 1.165) is 0 Å². The summed E-state index contributed by atoms with van der Waals surface area (Å²) in [5, 5.41) is 15.4. The molecule has 0 fully saturated rings. The molecule has 5 nitrogen and oxygen atoms in total. The lowest BCUT2D eigenvalue weighted by Gasteiger charge is -1.97. The third-order valence-corrected chi connectivity index (χ3v) is 1.53. The maximum absolute atomic E-state index is 10.3. The average molecular weight is 244 g/mol. The van der Waals surface area contributed by atoms with E-state index in [2.05, 4.69) is 26.5 Å². The van der Waals surface area contributed by atoms with Crippen LogP contribution in [-0.2, 0) is 0 Å². The Morgan fingerprint density at radius 3 is 2.54 bits per heavy atom. The van der Waals surface area contributed by atoms with Gasteiger partial charge in [-0.1, -0.05) is 0 Å². The zero-order chi connectivity index (χ0) is 9.68. The van der Waals surface area contributed by atoms with Crippen LogP contribution in [0, 0.1) is 10.1 Å². The second-order valence-corrected chi connectivity index (χ2v) is 2.55. The highest BCUT2D eigenvalue weighted by Crippen LogP contribution is 2.14. The summed E-state index contributed by atoms with van der Waals surface area (Å²) < 4.78 is 0. The molecule has 6 heteroatoms. The minimum absolute atomic E-state index is 0.0633. The normalized spacial score (nSPS) is 10.2. The van der Waals surface area contributed by atoms with Gasteiger partial charge in [0.1, 0.15) is 0 Å². The van der Waals surface area contributed by atoms with Crippen LogP contribution >= 0.6 is 15.9 Å². The standard InChI is InChI=1S/C7H6BrN3O2/c8-5-9-10-6-1-3-7(4-2-6)11(12)13/h1-5,10H. The topological polar surface area (TPSA) is 67.5 Å². The van der Waals surface area contributed by atoms with E-state index >= 15 is 0 Å². The smallest absolute Gasteiger partial charge is 0.269 e. The monoisotopic (exact) mass is 243 g/mol. The molecule has 0 spiro atoms. The van der Waals surface area contributed by atoms with Crippen LogP contribution in [0.15, 0.2) is 29.4 Å². The SMILES string of the molecule is O=[N+]([O-])c1ccc(NN=CBr)cc1. The van der Waals surface area contributed by atoms with Crippen LogP contribution in [0.3, 0.4) is 0 Å². The third-order valence-electron chi connectivity index (χ3n) is 1.32. The van der Waals surface area contributed by atoms with Crippen molar-refractivity contribution in [3.63, 3.8) is 0 Å². The highest BCUT2D eigenvalue weighted by Gasteiger charge is 2.02. The molecule has 0 aliphatic heterocycles. The van der Waals surface area contributed by atoms with Gasteiger partial charge in [-0.25, -0.2) is 0 Å². The summed E-state index contributed by atoms with van der Waals surface area (Å²) in [6, 6.07) is 5.98. The highest BCUT2D eigenvalue weighted by atomic mass is 79.9. The Hall–Kier alpha value is -1.43. The highest BCUT2D eigenvalue weighted by molar-refractivity contribution is 9.17. The zero-order valence-electron chi connectivity index (χ0n) is 6.48. The summed E-state index contributed by atoms with van der Waals surface area (Å²) in [4.78, 5) is 9.83. The second-order valence-electron chi connectivity index (χ2n) is 2.14. The molecule has 0 radical (unpaired) electrons. The molecular weight excluding hydrogens is 238 g/mol. The van der Waals surface area contributed by atoms with Gasteiger partial charge in [0.15, 0.2) is 0 Å². The van der Waals surface area contributed by atoms with Gasteiger partial charge in [0.05, 0.1) is 15.7 Å². The first-order valence-electron chi connectivity index (χ1n) is 3.36. The van der Waals surface area contributed by atoms with Gasteiger partial charge in [0.25, 0.3) is 5.69 Å². The molecule has 0 aliphatic carbocycles. The Kier molecular flexibility index (Phi) is 3.39. The minimum atomic E-state index is -0.447. The van der Waals surface area contributed by atoms with Gasteiger partial charge in [-0.3, -0.25) is 15.5 Å². The van der Waals surface area contributed by atoms with Crippen LogP contribution in [0.5, 0.6) is 0 Å². The number of anilines is 1. The number of benzene rings is 1. The molecule has 13 heavy (non-hydrogen) atoms. The third kappa shape index (κ3) is 2.83. The summed E-state index contributed by atoms with van der Waals surface area (Å²) >= 11 is 2.98. The molecule has 0 aromatic heterocycles. The largest absolute Gasteiger partial charge is 0.278 e. The average Bonchev–Trinajstić information content (AvgIpc) is 2.15. The van der Waals surface area contributed by atoms with E-state index in [1.165, 1.54) is 17.3 Å². The number of nitrogens with one attached hydrogen (secondary N) is 1. The first-order valence-corrected chi connectivity index (χ1v) is 4.28. The van der Waals surface area contributed by atoms with Crippen LogP contribution in [0.4, 0.5) is 11.4 Å². The Balaban J connectivity index is 2.75. The predicted octanol–water partition coefficient (Wildman–Crippen LogP) is 2.34. The van der Waals surface area contributed by atoms with Crippen molar-refractivity contribution in [2.45, 2.75) is 0 Å². The van der Waals surface area contributed by atoms with Gasteiger partial charge in [0, 0.05) is 12.1 Å². The number of non-ortho nitro benzene ring substituents is 1. The number of nitro benzene ring substituents is 1. The van der Waals surface area contributed by atoms with Gasteiger partial charge in [-0.15, -0.1) is 0 Å². The molecule has 1 aromatic carbocycles. The van der Waals surface area contributed by atoms with Crippen LogP contribution in [-0.4, -0.2) is 10.0 Å². The second kappa shape index (κ2) is 4.56. The molecule has 0 atom stereocenters. The molecular formula is C7H6BrN3O2.